The molecule has 1 aliphatic carbocycles. The number of carbonyl (C=O) groups excluding carboxylic acids is 2. The highest BCUT2D eigenvalue weighted by Gasteiger charge is 2.19. The van der Waals surface area contributed by atoms with Crippen LogP contribution >= 0.6 is 0 Å². The van der Waals surface area contributed by atoms with Gasteiger partial charge in [0.05, 0.1) is 12.2 Å². The number of unbranched alkanes of at least 4 members (excludes halogenated alkanes) is 1. The summed E-state index contributed by atoms with van der Waals surface area (Å²) >= 11 is 0. The van der Waals surface area contributed by atoms with Crippen molar-refractivity contribution < 1.29 is 19.4 Å². The molecule has 0 saturated heterocycles. The second kappa shape index (κ2) is 17.5. The third-order valence-electron chi connectivity index (χ3n) is 8.80. The summed E-state index contributed by atoms with van der Waals surface area (Å²) in [5, 5.41) is 10.3. The molecule has 1 aliphatic heterocycles. The first-order valence-corrected chi connectivity index (χ1v) is 16.6. The molecule has 4 nitrogen and oxygen atoms in total. The van der Waals surface area contributed by atoms with E-state index in [2.05, 4.69) is 56.0 Å². The zero-order valence-corrected chi connectivity index (χ0v) is 27.2. The Labute approximate surface area is 269 Å². The average molecular weight is 605 g/mol. The van der Waals surface area contributed by atoms with E-state index in [0.717, 1.165) is 72.8 Å². The van der Waals surface area contributed by atoms with Crippen LogP contribution in [0.25, 0.3) is 6.08 Å². The molecule has 0 bridgehead atoms. The van der Waals surface area contributed by atoms with Crippen molar-refractivity contribution in [1.29, 1.82) is 0 Å². The number of rotatable bonds is 11. The molecular formula is C41H48O4. The van der Waals surface area contributed by atoms with Crippen molar-refractivity contribution in [2.45, 2.75) is 85.0 Å². The van der Waals surface area contributed by atoms with Crippen molar-refractivity contribution in [2.75, 3.05) is 13.2 Å². The van der Waals surface area contributed by atoms with Gasteiger partial charge in [-0.25, -0.2) is 0 Å². The number of aromatic hydroxyl groups is 1. The summed E-state index contributed by atoms with van der Waals surface area (Å²) in [4.78, 5) is 26.1. The van der Waals surface area contributed by atoms with E-state index in [1.165, 1.54) is 11.1 Å². The van der Waals surface area contributed by atoms with Gasteiger partial charge in [-0.05, 0) is 116 Å². The molecule has 4 heteroatoms. The Morgan fingerprint density at radius 3 is 2.78 bits per heavy atom. The summed E-state index contributed by atoms with van der Waals surface area (Å²) < 4.78 is 5.94. The van der Waals surface area contributed by atoms with Crippen LogP contribution in [-0.4, -0.2) is 29.9 Å². The summed E-state index contributed by atoms with van der Waals surface area (Å²) in [5.41, 5.74) is 11.4. The van der Waals surface area contributed by atoms with Gasteiger partial charge in [0, 0.05) is 25.4 Å². The molecule has 1 unspecified atom stereocenters. The number of ketones is 2. The van der Waals surface area contributed by atoms with Crippen LogP contribution in [0.3, 0.4) is 0 Å². The molecule has 1 atom stereocenters. The first kappa shape index (κ1) is 33.9. The highest BCUT2D eigenvalue weighted by molar-refractivity contribution is 6.01. The van der Waals surface area contributed by atoms with Gasteiger partial charge in [0.15, 0.2) is 5.78 Å². The van der Waals surface area contributed by atoms with Crippen LogP contribution in [0.5, 0.6) is 5.75 Å². The van der Waals surface area contributed by atoms with Gasteiger partial charge in [-0.2, -0.15) is 0 Å². The summed E-state index contributed by atoms with van der Waals surface area (Å²) in [6.07, 6.45) is 22.9. The third kappa shape index (κ3) is 10.3. The smallest absolute Gasteiger partial charge is 0.171 e. The van der Waals surface area contributed by atoms with Gasteiger partial charge in [-0.1, -0.05) is 74.1 Å². The number of hydrogen-bond donors (Lipinski definition) is 1. The molecule has 236 valence electrons. The van der Waals surface area contributed by atoms with Crippen LogP contribution in [0.2, 0.25) is 0 Å². The molecule has 45 heavy (non-hydrogen) atoms. The molecule has 2 aliphatic rings. The second-order valence-electron chi connectivity index (χ2n) is 12.2. The van der Waals surface area contributed by atoms with Crippen molar-refractivity contribution in [3.8, 4) is 5.75 Å². The molecule has 1 N–H and O–H groups in total. The number of benzene rings is 2. The molecule has 0 radical (unpaired) electrons. The SMILES string of the molecule is CCc1cccc(O)c1C(=O)Cc1ccc(C=CCCCC(=O)C2CCCCC(C3=CC=C=C(C)C=C3)=CCOCC2)c(C)c1. The van der Waals surface area contributed by atoms with E-state index in [1.807, 2.05) is 37.3 Å². The Morgan fingerprint density at radius 1 is 1.09 bits per heavy atom. The minimum Gasteiger partial charge on any atom is -0.507 e. The van der Waals surface area contributed by atoms with Crippen LogP contribution in [0.4, 0.5) is 0 Å². The fourth-order valence-corrected chi connectivity index (χ4v) is 6.12. The van der Waals surface area contributed by atoms with Gasteiger partial charge in [0.2, 0.25) is 0 Å². The van der Waals surface area contributed by atoms with Crippen LogP contribution < -0.4 is 0 Å². The van der Waals surface area contributed by atoms with Crippen LogP contribution in [0, 0.1) is 12.8 Å². The molecule has 2 aromatic carbocycles. The average Bonchev–Trinajstić information content (AvgIpc) is 3.27. The normalized spacial score (nSPS) is 17.7. The van der Waals surface area contributed by atoms with E-state index in [9.17, 15) is 14.7 Å². The van der Waals surface area contributed by atoms with Crippen molar-refractivity contribution >= 4 is 17.6 Å². The lowest BCUT2D eigenvalue weighted by Gasteiger charge is -2.15. The van der Waals surface area contributed by atoms with E-state index in [4.69, 9.17) is 4.74 Å². The summed E-state index contributed by atoms with van der Waals surface area (Å²) in [6, 6.07) is 11.3. The molecule has 0 spiro atoms. The number of hydrogen-bond acceptors (Lipinski definition) is 4. The van der Waals surface area contributed by atoms with Crippen molar-refractivity contribution in [1.82, 2.24) is 0 Å². The number of ether oxygens (including phenoxy) is 1. The Morgan fingerprint density at radius 2 is 1.96 bits per heavy atom. The lowest BCUT2D eigenvalue weighted by molar-refractivity contribution is -0.123. The van der Waals surface area contributed by atoms with E-state index >= 15 is 0 Å². The molecule has 0 fully saturated rings. The third-order valence-corrected chi connectivity index (χ3v) is 8.80. The van der Waals surface area contributed by atoms with Gasteiger partial charge in [0.1, 0.15) is 11.5 Å². The number of aryl methyl sites for hydroxylation is 2. The molecule has 2 aromatic rings. The second-order valence-corrected chi connectivity index (χ2v) is 12.2. The number of carbonyl (C=O) groups is 2. The van der Waals surface area contributed by atoms with Gasteiger partial charge in [-0.3, -0.25) is 9.59 Å². The maximum atomic E-state index is 13.1. The van der Waals surface area contributed by atoms with Crippen LogP contribution in [0.15, 0.2) is 95.3 Å². The van der Waals surface area contributed by atoms with Gasteiger partial charge in [-0.15, -0.1) is 5.73 Å². The van der Waals surface area contributed by atoms with Crippen LogP contribution in [0.1, 0.15) is 97.8 Å². The Bertz CT molecular complexity index is 1540. The Balaban J connectivity index is 1.22. The molecule has 0 amide bonds. The highest BCUT2D eigenvalue weighted by Crippen LogP contribution is 2.26. The van der Waals surface area contributed by atoms with E-state index < -0.39 is 0 Å². The highest BCUT2D eigenvalue weighted by atomic mass is 16.5. The molecular weight excluding hydrogens is 556 g/mol. The summed E-state index contributed by atoms with van der Waals surface area (Å²) in [5.74, 6) is 0.427. The monoisotopic (exact) mass is 604 g/mol. The minimum absolute atomic E-state index is 0.0524. The molecule has 4 rings (SSSR count). The van der Waals surface area contributed by atoms with Crippen molar-refractivity contribution in [3.05, 3.63) is 123 Å². The first-order valence-electron chi connectivity index (χ1n) is 16.6. The first-order chi connectivity index (χ1) is 21.9. The minimum atomic E-state index is -0.0632. The predicted octanol–water partition coefficient (Wildman–Crippen LogP) is 9.56. The lowest BCUT2D eigenvalue weighted by atomic mass is 9.90. The van der Waals surface area contributed by atoms with E-state index in [0.29, 0.717) is 37.4 Å². The Hall–Kier alpha value is -3.98. The molecule has 0 aromatic heterocycles. The largest absolute Gasteiger partial charge is 0.507 e. The number of phenolic OH excluding ortho intramolecular Hbond substituents is 1. The topological polar surface area (TPSA) is 63.6 Å². The van der Waals surface area contributed by atoms with E-state index in [-0.39, 0.29) is 23.9 Å². The Kier molecular flexibility index (Phi) is 13.2. The number of allylic oxidation sites excluding steroid dienone is 7. The van der Waals surface area contributed by atoms with Gasteiger partial charge >= 0.3 is 0 Å². The van der Waals surface area contributed by atoms with Crippen molar-refractivity contribution in [2.24, 2.45) is 5.92 Å². The van der Waals surface area contributed by atoms with Gasteiger partial charge in [0.25, 0.3) is 0 Å². The van der Waals surface area contributed by atoms with Crippen molar-refractivity contribution in [3.63, 3.8) is 0 Å². The summed E-state index contributed by atoms with van der Waals surface area (Å²) in [7, 11) is 0. The predicted molar refractivity (Wildman–Crippen MR) is 185 cm³/mol. The molecule has 1 heterocycles. The van der Waals surface area contributed by atoms with E-state index in [1.54, 1.807) is 12.1 Å². The fourth-order valence-electron chi connectivity index (χ4n) is 6.12. The van der Waals surface area contributed by atoms with Gasteiger partial charge < -0.3 is 9.84 Å². The maximum Gasteiger partial charge on any atom is 0.171 e. The number of phenols is 1. The maximum absolute atomic E-state index is 13.1. The van der Waals surface area contributed by atoms with Crippen LogP contribution in [-0.2, 0) is 22.4 Å². The quantitative estimate of drug-likeness (QED) is 0.158. The zero-order chi connectivity index (χ0) is 32.0. The fraction of sp³-hybridized carbons (Fsp3) is 0.390. The standard InChI is InChI=1S/C41H48O4/c1-4-33-16-11-19-39(43)41(33)40(44)29-32-21-23-34(31(3)28-32)13-6-5-7-18-38(42)37-15-9-8-14-36(24-26-45-27-25-37)35-17-10-12-30(2)20-22-35/h6,10-11,13,16-17,19-24,28,37,43H,4-5,7-9,14-15,18,25-27,29H2,1-3H3. The summed E-state index contributed by atoms with van der Waals surface area (Å²) in [6.45, 7) is 7.29. The lowest BCUT2D eigenvalue weighted by Crippen LogP contribution is -2.17. The molecule has 0 saturated carbocycles. The number of Topliss-reactive ketones (excluding diaryl/α,β-unsaturated/α-hetero) is 2. The zero-order valence-electron chi connectivity index (χ0n) is 27.2.